The molecule has 0 saturated heterocycles. The maximum Gasteiger partial charge on any atom is 0.377 e. The third kappa shape index (κ3) is 3.17. The van der Waals surface area contributed by atoms with Crippen LogP contribution in [0, 0.1) is 0 Å². The molecule has 1 aromatic heterocycles. The zero-order valence-corrected chi connectivity index (χ0v) is 9.05. The molecule has 2 N–H and O–H groups in total. The third-order valence-corrected chi connectivity index (χ3v) is 1.98. The summed E-state index contributed by atoms with van der Waals surface area (Å²) in [6.45, 7) is 2.30. The van der Waals surface area contributed by atoms with Crippen molar-refractivity contribution in [3.05, 3.63) is 5.82 Å². The van der Waals surface area contributed by atoms with Gasteiger partial charge in [-0.2, -0.15) is 9.36 Å². The van der Waals surface area contributed by atoms with Gasteiger partial charge in [-0.25, -0.2) is 9.59 Å². The highest BCUT2D eigenvalue weighted by Gasteiger charge is 2.13. The second kappa shape index (κ2) is 5.25. The van der Waals surface area contributed by atoms with Crippen molar-refractivity contribution in [2.24, 2.45) is 0 Å². The Labute approximate surface area is 90.0 Å². The zero-order valence-electron chi connectivity index (χ0n) is 8.23. The third-order valence-electron chi connectivity index (χ3n) is 1.35. The summed E-state index contributed by atoms with van der Waals surface area (Å²) < 4.78 is 8.13. The number of urea groups is 1. The Morgan fingerprint density at radius 3 is 2.87 bits per heavy atom. The van der Waals surface area contributed by atoms with Crippen molar-refractivity contribution in [2.45, 2.75) is 6.92 Å². The highest BCUT2D eigenvalue weighted by atomic mass is 32.1. The first-order valence-corrected chi connectivity index (χ1v) is 4.91. The van der Waals surface area contributed by atoms with E-state index in [4.69, 9.17) is 0 Å². The number of carbonyl (C=O) groups excluding carboxylic acids is 2. The topological polar surface area (TPSA) is 93.2 Å². The average Bonchev–Trinajstić information content (AvgIpc) is 2.65. The van der Waals surface area contributed by atoms with E-state index in [0.29, 0.717) is 6.54 Å². The first-order valence-electron chi connectivity index (χ1n) is 4.14. The molecule has 2 amide bonds. The summed E-state index contributed by atoms with van der Waals surface area (Å²) in [6, 6.07) is -0.384. The van der Waals surface area contributed by atoms with Crippen molar-refractivity contribution in [3.63, 3.8) is 0 Å². The number of esters is 1. The smallest absolute Gasteiger partial charge is 0.377 e. The van der Waals surface area contributed by atoms with Gasteiger partial charge in [-0.3, -0.25) is 5.32 Å². The molecule has 0 radical (unpaired) electrons. The van der Waals surface area contributed by atoms with E-state index in [9.17, 15) is 9.59 Å². The zero-order chi connectivity index (χ0) is 11.3. The highest BCUT2D eigenvalue weighted by Crippen LogP contribution is 2.10. The lowest BCUT2D eigenvalue weighted by atomic mass is 10.6. The van der Waals surface area contributed by atoms with Crippen LogP contribution < -0.4 is 10.6 Å². The van der Waals surface area contributed by atoms with Crippen LogP contribution in [-0.2, 0) is 4.74 Å². The van der Waals surface area contributed by atoms with Gasteiger partial charge in [0.15, 0.2) is 0 Å². The first-order chi connectivity index (χ1) is 7.17. The fourth-order valence-corrected chi connectivity index (χ4v) is 1.30. The molecule has 1 heterocycles. The Kier molecular flexibility index (Phi) is 3.98. The minimum Gasteiger partial charge on any atom is -0.463 e. The van der Waals surface area contributed by atoms with Gasteiger partial charge in [-0.1, -0.05) is 0 Å². The Balaban J connectivity index is 2.60. The molecule has 0 bridgehead atoms. The predicted octanol–water partition coefficient (Wildman–Crippen LogP) is 0.466. The molecule has 0 aromatic carbocycles. The van der Waals surface area contributed by atoms with Crippen LogP contribution in [0.4, 0.5) is 9.93 Å². The summed E-state index contributed by atoms with van der Waals surface area (Å²) in [5.74, 6) is -0.690. The molecule has 82 valence electrons. The predicted molar refractivity (Wildman–Crippen MR) is 53.9 cm³/mol. The molecule has 1 aromatic rings. The summed E-state index contributed by atoms with van der Waals surface area (Å²) >= 11 is 0.914. The molecular weight excluding hydrogens is 220 g/mol. The Morgan fingerprint density at radius 1 is 1.53 bits per heavy atom. The number of carbonyl (C=O) groups is 2. The van der Waals surface area contributed by atoms with E-state index in [-0.39, 0.29) is 17.0 Å². The number of aromatic nitrogens is 2. The van der Waals surface area contributed by atoms with E-state index in [1.807, 2.05) is 0 Å². The fraction of sp³-hybridized carbons (Fsp3) is 0.429. The number of nitrogens with one attached hydrogen (secondary N) is 2. The van der Waals surface area contributed by atoms with Crippen LogP contribution in [0.2, 0.25) is 0 Å². The molecule has 0 spiro atoms. The summed E-state index contributed by atoms with van der Waals surface area (Å²) in [6.07, 6.45) is 0. The Hall–Kier alpha value is -1.70. The van der Waals surface area contributed by atoms with Crippen molar-refractivity contribution < 1.29 is 14.3 Å². The van der Waals surface area contributed by atoms with Crippen molar-refractivity contribution >= 4 is 28.7 Å². The maximum atomic E-state index is 11.1. The van der Waals surface area contributed by atoms with Crippen LogP contribution in [0.5, 0.6) is 0 Å². The second-order valence-electron chi connectivity index (χ2n) is 2.40. The number of hydrogen-bond acceptors (Lipinski definition) is 6. The van der Waals surface area contributed by atoms with E-state index in [0.717, 1.165) is 11.5 Å². The van der Waals surface area contributed by atoms with E-state index < -0.39 is 5.97 Å². The average molecular weight is 230 g/mol. The van der Waals surface area contributed by atoms with Gasteiger partial charge >= 0.3 is 12.0 Å². The minimum atomic E-state index is -0.629. The van der Waals surface area contributed by atoms with Gasteiger partial charge < -0.3 is 10.1 Å². The molecule has 8 heteroatoms. The van der Waals surface area contributed by atoms with Crippen LogP contribution in [0.25, 0.3) is 0 Å². The number of hydrogen-bond donors (Lipinski definition) is 2. The summed E-state index contributed by atoms with van der Waals surface area (Å²) in [7, 11) is 1.24. The van der Waals surface area contributed by atoms with Gasteiger partial charge in [0.25, 0.3) is 5.82 Å². The lowest BCUT2D eigenvalue weighted by Crippen LogP contribution is -2.28. The van der Waals surface area contributed by atoms with Gasteiger partial charge in [0, 0.05) is 18.1 Å². The number of anilines is 1. The maximum absolute atomic E-state index is 11.1. The van der Waals surface area contributed by atoms with Gasteiger partial charge in [0.2, 0.25) is 5.13 Å². The number of rotatable bonds is 3. The van der Waals surface area contributed by atoms with Crippen molar-refractivity contribution in [1.29, 1.82) is 0 Å². The molecule has 0 aliphatic carbocycles. The minimum absolute atomic E-state index is 0.0608. The number of nitrogens with zero attached hydrogens (tertiary/aromatic N) is 2. The van der Waals surface area contributed by atoms with Crippen LogP contribution in [0.3, 0.4) is 0 Å². The van der Waals surface area contributed by atoms with E-state index >= 15 is 0 Å². The second-order valence-corrected chi connectivity index (χ2v) is 3.15. The van der Waals surface area contributed by atoms with E-state index in [1.165, 1.54) is 7.11 Å². The van der Waals surface area contributed by atoms with Crippen LogP contribution in [0.15, 0.2) is 0 Å². The van der Waals surface area contributed by atoms with Crippen molar-refractivity contribution in [2.75, 3.05) is 19.0 Å². The standard InChI is InChI=1S/C7H10N4O3S/c1-3-8-6(13)10-7-9-4(11-15-7)5(12)14-2/h3H2,1-2H3,(H2,8,9,10,11,13). The van der Waals surface area contributed by atoms with Crippen LogP contribution in [-0.4, -0.2) is 35.0 Å². The number of amides is 2. The summed E-state index contributed by atoms with van der Waals surface area (Å²) in [4.78, 5) is 25.8. The van der Waals surface area contributed by atoms with E-state index in [1.54, 1.807) is 6.92 Å². The molecule has 15 heavy (non-hydrogen) atoms. The van der Waals surface area contributed by atoms with Gasteiger partial charge in [0.1, 0.15) is 0 Å². The van der Waals surface area contributed by atoms with Crippen molar-refractivity contribution in [1.82, 2.24) is 14.7 Å². The number of ether oxygens (including phenoxy) is 1. The first kappa shape index (κ1) is 11.4. The molecule has 0 unspecified atom stereocenters. The van der Waals surface area contributed by atoms with Crippen LogP contribution in [0.1, 0.15) is 17.5 Å². The van der Waals surface area contributed by atoms with E-state index in [2.05, 4.69) is 24.7 Å². The van der Waals surface area contributed by atoms with Gasteiger partial charge in [-0.15, -0.1) is 0 Å². The normalized spacial score (nSPS) is 9.47. The summed E-state index contributed by atoms with van der Waals surface area (Å²) in [5.41, 5.74) is 0. The molecular formula is C7H10N4O3S. The van der Waals surface area contributed by atoms with Crippen LogP contribution >= 0.6 is 11.5 Å². The quantitative estimate of drug-likeness (QED) is 0.736. The van der Waals surface area contributed by atoms with Gasteiger partial charge in [0.05, 0.1) is 7.11 Å². The molecule has 7 nitrogen and oxygen atoms in total. The molecule has 0 aliphatic heterocycles. The molecule has 0 aliphatic rings. The Morgan fingerprint density at radius 2 is 2.27 bits per heavy atom. The molecule has 1 rings (SSSR count). The van der Waals surface area contributed by atoms with Gasteiger partial charge in [-0.05, 0) is 6.92 Å². The Bertz CT molecular complexity index is 365. The SMILES string of the molecule is CCNC(=O)Nc1nc(C(=O)OC)ns1. The fourth-order valence-electron chi connectivity index (χ4n) is 0.750. The highest BCUT2D eigenvalue weighted by molar-refractivity contribution is 7.10. The van der Waals surface area contributed by atoms with Crippen molar-refractivity contribution in [3.8, 4) is 0 Å². The lowest BCUT2D eigenvalue weighted by Gasteiger charge is -1.99. The number of methoxy groups -OCH3 is 1. The molecule has 0 atom stereocenters. The monoisotopic (exact) mass is 230 g/mol. The summed E-state index contributed by atoms with van der Waals surface area (Å²) in [5, 5.41) is 5.20. The lowest BCUT2D eigenvalue weighted by molar-refractivity contribution is 0.0588. The molecule has 0 saturated carbocycles. The largest absolute Gasteiger partial charge is 0.463 e. The molecule has 0 fully saturated rings.